The van der Waals surface area contributed by atoms with Gasteiger partial charge in [0.25, 0.3) is 5.91 Å². The molecule has 1 aliphatic heterocycles. The number of morpholine rings is 1. The predicted molar refractivity (Wildman–Crippen MR) is 98.2 cm³/mol. The van der Waals surface area contributed by atoms with Crippen LogP contribution < -0.4 is 15.5 Å². The van der Waals surface area contributed by atoms with Crippen LogP contribution in [0.1, 0.15) is 17.3 Å². The second-order valence-electron chi connectivity index (χ2n) is 5.86. The van der Waals surface area contributed by atoms with Crippen LogP contribution in [0.3, 0.4) is 0 Å². The molecule has 0 saturated carbocycles. The molecule has 6 nitrogen and oxygen atoms in total. The lowest BCUT2D eigenvalue weighted by Crippen LogP contribution is -2.36. The maximum Gasteiger partial charge on any atom is 0.255 e. The summed E-state index contributed by atoms with van der Waals surface area (Å²) in [5, 5.41) is 5.55. The third-order valence-corrected chi connectivity index (χ3v) is 3.95. The maximum atomic E-state index is 12.4. The second kappa shape index (κ2) is 7.81. The number of rotatable bonds is 4. The van der Waals surface area contributed by atoms with Gasteiger partial charge in [0.2, 0.25) is 5.91 Å². The van der Waals surface area contributed by atoms with Gasteiger partial charge in [-0.05, 0) is 42.5 Å². The highest BCUT2D eigenvalue weighted by Crippen LogP contribution is 2.20. The largest absolute Gasteiger partial charge is 0.378 e. The van der Waals surface area contributed by atoms with Crippen LogP contribution in [0.25, 0.3) is 0 Å². The number of amides is 2. The Kier molecular flexibility index (Phi) is 5.30. The molecule has 0 aliphatic carbocycles. The maximum absolute atomic E-state index is 12.4. The topological polar surface area (TPSA) is 70.7 Å². The smallest absolute Gasteiger partial charge is 0.255 e. The van der Waals surface area contributed by atoms with E-state index >= 15 is 0 Å². The minimum Gasteiger partial charge on any atom is -0.378 e. The Balaban J connectivity index is 1.65. The van der Waals surface area contributed by atoms with Crippen LogP contribution in [0.15, 0.2) is 48.5 Å². The summed E-state index contributed by atoms with van der Waals surface area (Å²) in [5.74, 6) is -0.386. The average Bonchev–Trinajstić information content (AvgIpc) is 2.63. The van der Waals surface area contributed by atoms with Crippen LogP contribution in [-0.4, -0.2) is 38.1 Å². The van der Waals surface area contributed by atoms with E-state index in [-0.39, 0.29) is 11.8 Å². The standard InChI is InChI=1S/C19H21N3O3/c1-14(23)20-17-4-2-3-15(13-17)19(24)21-16-5-7-18(8-6-16)22-9-11-25-12-10-22/h2-8,13H,9-12H2,1H3,(H,20,23)(H,21,24). The van der Waals surface area contributed by atoms with Crippen molar-refractivity contribution in [3.63, 3.8) is 0 Å². The van der Waals surface area contributed by atoms with Crippen molar-refractivity contribution in [1.29, 1.82) is 0 Å². The summed E-state index contributed by atoms with van der Waals surface area (Å²) < 4.78 is 5.36. The van der Waals surface area contributed by atoms with Gasteiger partial charge < -0.3 is 20.3 Å². The summed E-state index contributed by atoms with van der Waals surface area (Å²) >= 11 is 0. The van der Waals surface area contributed by atoms with Gasteiger partial charge in [-0.3, -0.25) is 9.59 Å². The number of ether oxygens (including phenoxy) is 1. The van der Waals surface area contributed by atoms with Gasteiger partial charge in [0, 0.05) is 42.6 Å². The molecule has 130 valence electrons. The third-order valence-electron chi connectivity index (χ3n) is 3.95. The first-order chi connectivity index (χ1) is 12.1. The number of carbonyl (C=O) groups is 2. The monoisotopic (exact) mass is 339 g/mol. The lowest BCUT2D eigenvalue weighted by atomic mass is 10.1. The van der Waals surface area contributed by atoms with Crippen molar-refractivity contribution < 1.29 is 14.3 Å². The van der Waals surface area contributed by atoms with Gasteiger partial charge >= 0.3 is 0 Å². The first kappa shape index (κ1) is 17.0. The second-order valence-corrected chi connectivity index (χ2v) is 5.86. The fraction of sp³-hybridized carbons (Fsp3) is 0.263. The van der Waals surface area contributed by atoms with Crippen molar-refractivity contribution in [3.8, 4) is 0 Å². The summed E-state index contributed by atoms with van der Waals surface area (Å²) in [6.07, 6.45) is 0. The Labute approximate surface area is 146 Å². The van der Waals surface area contributed by atoms with E-state index < -0.39 is 0 Å². The number of hydrogen-bond acceptors (Lipinski definition) is 4. The van der Waals surface area contributed by atoms with Crippen molar-refractivity contribution in [1.82, 2.24) is 0 Å². The molecule has 0 spiro atoms. The Hall–Kier alpha value is -2.86. The van der Waals surface area contributed by atoms with E-state index in [9.17, 15) is 9.59 Å². The molecule has 2 aromatic carbocycles. The third kappa shape index (κ3) is 4.58. The van der Waals surface area contributed by atoms with Crippen molar-refractivity contribution >= 4 is 28.9 Å². The number of hydrogen-bond donors (Lipinski definition) is 2. The lowest BCUT2D eigenvalue weighted by Gasteiger charge is -2.28. The van der Waals surface area contributed by atoms with Crippen molar-refractivity contribution in [2.45, 2.75) is 6.92 Å². The minimum absolute atomic E-state index is 0.170. The summed E-state index contributed by atoms with van der Waals surface area (Å²) in [7, 11) is 0. The average molecular weight is 339 g/mol. The molecule has 0 radical (unpaired) electrons. The molecule has 1 heterocycles. The van der Waals surface area contributed by atoms with Gasteiger partial charge in [0.15, 0.2) is 0 Å². The van der Waals surface area contributed by atoms with E-state index in [1.165, 1.54) is 6.92 Å². The Morgan fingerprint density at radius 3 is 2.36 bits per heavy atom. The van der Waals surface area contributed by atoms with Gasteiger partial charge in [-0.1, -0.05) is 6.07 Å². The van der Waals surface area contributed by atoms with Crippen molar-refractivity contribution in [2.75, 3.05) is 41.8 Å². The molecule has 0 unspecified atom stereocenters. The number of anilines is 3. The molecular formula is C19H21N3O3. The Bertz CT molecular complexity index is 753. The van der Waals surface area contributed by atoms with Gasteiger partial charge in [-0.2, -0.15) is 0 Å². The molecule has 6 heteroatoms. The first-order valence-electron chi connectivity index (χ1n) is 8.23. The first-order valence-corrected chi connectivity index (χ1v) is 8.23. The summed E-state index contributed by atoms with van der Waals surface area (Å²) in [6.45, 7) is 4.66. The molecule has 2 N–H and O–H groups in total. The molecule has 2 aromatic rings. The molecule has 0 aromatic heterocycles. The van der Waals surface area contributed by atoms with Crippen molar-refractivity contribution in [3.05, 3.63) is 54.1 Å². The van der Waals surface area contributed by atoms with Crippen LogP contribution in [-0.2, 0) is 9.53 Å². The Morgan fingerprint density at radius 1 is 0.960 bits per heavy atom. The molecule has 1 aliphatic rings. The van der Waals surface area contributed by atoms with E-state index in [4.69, 9.17) is 4.74 Å². The van der Waals surface area contributed by atoms with E-state index in [1.807, 2.05) is 24.3 Å². The normalized spacial score (nSPS) is 14.0. The molecular weight excluding hydrogens is 318 g/mol. The van der Waals surface area contributed by atoms with Gasteiger partial charge in [0.05, 0.1) is 13.2 Å². The molecule has 2 amide bonds. The predicted octanol–water partition coefficient (Wildman–Crippen LogP) is 2.73. The highest BCUT2D eigenvalue weighted by Gasteiger charge is 2.12. The van der Waals surface area contributed by atoms with Crippen LogP contribution in [0, 0.1) is 0 Å². The zero-order valence-corrected chi connectivity index (χ0v) is 14.1. The zero-order chi connectivity index (χ0) is 17.6. The highest BCUT2D eigenvalue weighted by atomic mass is 16.5. The van der Waals surface area contributed by atoms with E-state index in [1.54, 1.807) is 24.3 Å². The van der Waals surface area contributed by atoms with E-state index in [2.05, 4.69) is 15.5 Å². The van der Waals surface area contributed by atoms with Crippen LogP contribution >= 0.6 is 0 Å². The Morgan fingerprint density at radius 2 is 1.68 bits per heavy atom. The van der Waals surface area contributed by atoms with Crippen LogP contribution in [0.2, 0.25) is 0 Å². The zero-order valence-electron chi connectivity index (χ0n) is 14.1. The molecule has 0 atom stereocenters. The molecule has 25 heavy (non-hydrogen) atoms. The number of nitrogens with one attached hydrogen (secondary N) is 2. The van der Waals surface area contributed by atoms with Gasteiger partial charge in [-0.25, -0.2) is 0 Å². The summed E-state index contributed by atoms with van der Waals surface area (Å²) in [5.41, 5.74) is 2.94. The quantitative estimate of drug-likeness (QED) is 0.898. The van der Waals surface area contributed by atoms with Crippen LogP contribution in [0.5, 0.6) is 0 Å². The van der Waals surface area contributed by atoms with Gasteiger partial charge in [-0.15, -0.1) is 0 Å². The summed E-state index contributed by atoms with van der Waals surface area (Å²) in [4.78, 5) is 25.8. The number of nitrogens with zero attached hydrogens (tertiary/aromatic N) is 1. The molecule has 1 saturated heterocycles. The lowest BCUT2D eigenvalue weighted by molar-refractivity contribution is -0.114. The molecule has 3 rings (SSSR count). The van der Waals surface area contributed by atoms with E-state index in [0.29, 0.717) is 11.3 Å². The SMILES string of the molecule is CC(=O)Nc1cccc(C(=O)Nc2ccc(N3CCOCC3)cc2)c1. The molecule has 1 fully saturated rings. The minimum atomic E-state index is -0.216. The molecule has 0 bridgehead atoms. The highest BCUT2D eigenvalue weighted by molar-refractivity contribution is 6.05. The van der Waals surface area contributed by atoms with Crippen LogP contribution in [0.4, 0.5) is 17.1 Å². The van der Waals surface area contributed by atoms with Gasteiger partial charge in [0.1, 0.15) is 0 Å². The number of carbonyl (C=O) groups excluding carboxylic acids is 2. The van der Waals surface area contributed by atoms with E-state index in [0.717, 1.165) is 37.7 Å². The fourth-order valence-corrected chi connectivity index (χ4v) is 2.72. The van der Waals surface area contributed by atoms with Crippen molar-refractivity contribution in [2.24, 2.45) is 0 Å². The number of benzene rings is 2. The fourth-order valence-electron chi connectivity index (χ4n) is 2.72. The summed E-state index contributed by atoms with van der Waals surface area (Å²) in [6, 6.07) is 14.6.